The lowest BCUT2D eigenvalue weighted by molar-refractivity contribution is 0.275. The van der Waals surface area contributed by atoms with Crippen molar-refractivity contribution in [3.05, 3.63) is 35.4 Å². The van der Waals surface area contributed by atoms with Crippen LogP contribution in [0.4, 0.5) is 5.82 Å². The van der Waals surface area contributed by atoms with E-state index in [0.717, 1.165) is 54.7 Å². The van der Waals surface area contributed by atoms with Gasteiger partial charge in [0.05, 0.1) is 24.5 Å². The number of anilines is 1. The van der Waals surface area contributed by atoms with E-state index < -0.39 is 0 Å². The number of hydrogen-bond donors (Lipinski definition) is 1. The lowest BCUT2D eigenvalue weighted by Gasteiger charge is -2.20. The van der Waals surface area contributed by atoms with Gasteiger partial charge in [-0.25, -0.2) is 0 Å². The maximum atomic E-state index is 9.33. The maximum absolute atomic E-state index is 9.33. The lowest BCUT2D eigenvalue weighted by Crippen LogP contribution is -2.24. The largest absolute Gasteiger partial charge is 0.390 e. The van der Waals surface area contributed by atoms with Crippen molar-refractivity contribution >= 4 is 11.5 Å². The molecule has 0 saturated heterocycles. The summed E-state index contributed by atoms with van der Waals surface area (Å²) >= 11 is 0. The molecule has 2 atom stereocenters. The van der Waals surface area contributed by atoms with Crippen LogP contribution in [0.3, 0.4) is 0 Å². The minimum absolute atomic E-state index is 0.0200. The van der Waals surface area contributed by atoms with E-state index >= 15 is 0 Å². The number of fused-ring (bicyclic) bond motifs is 2. The first kappa shape index (κ1) is 14.8. The fourth-order valence-electron chi connectivity index (χ4n) is 3.67. The predicted molar refractivity (Wildman–Crippen MR) is 91.1 cm³/mol. The molecule has 8 heteroatoms. The summed E-state index contributed by atoms with van der Waals surface area (Å²) in [5.74, 6) is 3.06. The first-order valence-corrected chi connectivity index (χ1v) is 8.86. The molecular formula is C17H21N7O. The number of rotatable bonds is 3. The highest BCUT2D eigenvalue weighted by atomic mass is 16.3. The summed E-state index contributed by atoms with van der Waals surface area (Å²) < 4.78 is 3.91. The van der Waals surface area contributed by atoms with Crippen LogP contribution in [0.1, 0.15) is 42.9 Å². The summed E-state index contributed by atoms with van der Waals surface area (Å²) in [5.41, 5.74) is 2.65. The average Bonchev–Trinajstić information content (AvgIpc) is 3.09. The molecule has 0 radical (unpaired) electrons. The van der Waals surface area contributed by atoms with Gasteiger partial charge >= 0.3 is 0 Å². The normalized spacial score (nSPS) is 22.9. The number of aromatic nitrogens is 6. The Hall–Kier alpha value is -2.48. The fourth-order valence-corrected chi connectivity index (χ4v) is 3.67. The average molecular weight is 339 g/mol. The van der Waals surface area contributed by atoms with Crippen LogP contribution in [-0.4, -0.2) is 41.2 Å². The van der Waals surface area contributed by atoms with Crippen LogP contribution in [0.5, 0.6) is 0 Å². The predicted octanol–water partition coefficient (Wildman–Crippen LogP) is 1.35. The molecule has 1 fully saturated rings. The SMILES string of the molecule is CC1CC1c1nnc2ccc(N3CCCn4nc(CO)cc4C3)nn12. The zero-order chi connectivity index (χ0) is 17.0. The molecule has 1 aliphatic carbocycles. The van der Waals surface area contributed by atoms with Crippen LogP contribution in [0.15, 0.2) is 18.2 Å². The van der Waals surface area contributed by atoms with Gasteiger partial charge in [0, 0.05) is 19.0 Å². The number of hydrogen-bond acceptors (Lipinski definition) is 6. The number of aliphatic hydroxyl groups is 1. The van der Waals surface area contributed by atoms with Gasteiger partial charge in [0.15, 0.2) is 11.5 Å². The van der Waals surface area contributed by atoms with Crippen molar-refractivity contribution in [1.82, 2.24) is 29.6 Å². The van der Waals surface area contributed by atoms with Gasteiger partial charge in [-0.15, -0.1) is 15.3 Å². The first-order valence-electron chi connectivity index (χ1n) is 8.86. The Bertz CT molecular complexity index is 930. The van der Waals surface area contributed by atoms with Gasteiger partial charge in [-0.3, -0.25) is 4.68 Å². The highest BCUT2D eigenvalue weighted by molar-refractivity contribution is 5.46. The van der Waals surface area contributed by atoms with E-state index in [1.165, 1.54) is 6.42 Å². The van der Waals surface area contributed by atoms with Crippen LogP contribution in [0, 0.1) is 5.92 Å². The van der Waals surface area contributed by atoms with E-state index in [-0.39, 0.29) is 6.61 Å². The van der Waals surface area contributed by atoms with E-state index in [4.69, 9.17) is 5.10 Å². The van der Waals surface area contributed by atoms with Gasteiger partial charge in [0.25, 0.3) is 0 Å². The molecule has 3 aromatic heterocycles. The first-order chi connectivity index (χ1) is 12.2. The summed E-state index contributed by atoms with van der Waals surface area (Å²) in [6, 6.07) is 5.99. The van der Waals surface area contributed by atoms with Crippen molar-refractivity contribution in [3.8, 4) is 0 Å². The highest BCUT2D eigenvalue weighted by Crippen LogP contribution is 2.45. The van der Waals surface area contributed by atoms with E-state index in [0.29, 0.717) is 11.8 Å². The Morgan fingerprint density at radius 1 is 1.20 bits per heavy atom. The van der Waals surface area contributed by atoms with Crippen LogP contribution >= 0.6 is 0 Å². The molecular weight excluding hydrogens is 318 g/mol. The van der Waals surface area contributed by atoms with Gasteiger partial charge in [-0.2, -0.15) is 9.61 Å². The van der Waals surface area contributed by atoms with Crippen molar-refractivity contribution in [2.24, 2.45) is 5.92 Å². The molecule has 130 valence electrons. The second kappa shape index (κ2) is 5.52. The summed E-state index contributed by atoms with van der Waals surface area (Å²) in [6.45, 7) is 4.75. The van der Waals surface area contributed by atoms with Gasteiger partial charge in [-0.1, -0.05) is 6.92 Å². The molecule has 8 nitrogen and oxygen atoms in total. The Kier molecular flexibility index (Phi) is 3.27. The Morgan fingerprint density at radius 3 is 2.88 bits per heavy atom. The zero-order valence-electron chi connectivity index (χ0n) is 14.2. The lowest BCUT2D eigenvalue weighted by atomic mass is 10.3. The molecule has 2 aliphatic rings. The second-order valence-corrected chi connectivity index (χ2v) is 7.12. The third kappa shape index (κ3) is 2.48. The molecule has 2 unspecified atom stereocenters. The molecule has 1 saturated carbocycles. The summed E-state index contributed by atoms with van der Waals surface area (Å²) in [4.78, 5) is 2.27. The molecule has 1 N–H and O–H groups in total. The number of nitrogens with zero attached hydrogens (tertiary/aromatic N) is 7. The summed E-state index contributed by atoms with van der Waals surface area (Å²) in [7, 11) is 0. The molecule has 25 heavy (non-hydrogen) atoms. The van der Waals surface area contributed by atoms with Crippen molar-refractivity contribution in [2.45, 2.75) is 45.4 Å². The fraction of sp³-hybridized carbons (Fsp3) is 0.529. The number of aliphatic hydroxyl groups excluding tert-OH is 1. The molecule has 0 spiro atoms. The topological polar surface area (TPSA) is 84.4 Å². The van der Waals surface area contributed by atoms with Gasteiger partial charge < -0.3 is 10.0 Å². The minimum Gasteiger partial charge on any atom is -0.390 e. The Labute approximate surface area is 145 Å². The van der Waals surface area contributed by atoms with Crippen molar-refractivity contribution in [1.29, 1.82) is 0 Å². The van der Waals surface area contributed by atoms with Crippen LogP contribution in [0.2, 0.25) is 0 Å². The van der Waals surface area contributed by atoms with E-state index in [9.17, 15) is 5.11 Å². The third-order valence-corrected chi connectivity index (χ3v) is 5.26. The van der Waals surface area contributed by atoms with Gasteiger partial charge in [-0.05, 0) is 37.0 Å². The second-order valence-electron chi connectivity index (χ2n) is 7.12. The quantitative estimate of drug-likeness (QED) is 0.775. The summed E-state index contributed by atoms with van der Waals surface area (Å²) in [5, 5.41) is 27.2. The molecule has 5 rings (SSSR count). The van der Waals surface area contributed by atoms with Gasteiger partial charge in [0.2, 0.25) is 0 Å². The molecule has 1 aliphatic heterocycles. The van der Waals surface area contributed by atoms with Gasteiger partial charge in [0.1, 0.15) is 5.82 Å². The minimum atomic E-state index is -0.0200. The van der Waals surface area contributed by atoms with Crippen molar-refractivity contribution in [3.63, 3.8) is 0 Å². The van der Waals surface area contributed by atoms with Crippen molar-refractivity contribution in [2.75, 3.05) is 11.4 Å². The van der Waals surface area contributed by atoms with E-state index in [1.807, 2.05) is 27.4 Å². The molecule has 0 amide bonds. The highest BCUT2D eigenvalue weighted by Gasteiger charge is 2.38. The summed E-state index contributed by atoms with van der Waals surface area (Å²) in [6.07, 6.45) is 2.16. The monoisotopic (exact) mass is 339 g/mol. The van der Waals surface area contributed by atoms with Crippen LogP contribution in [-0.2, 0) is 19.7 Å². The van der Waals surface area contributed by atoms with Crippen LogP contribution < -0.4 is 4.90 Å². The van der Waals surface area contributed by atoms with Crippen LogP contribution in [0.25, 0.3) is 5.65 Å². The molecule has 4 heterocycles. The number of aryl methyl sites for hydroxylation is 1. The van der Waals surface area contributed by atoms with E-state index in [2.05, 4.69) is 27.1 Å². The zero-order valence-corrected chi connectivity index (χ0v) is 14.2. The molecule has 0 aromatic carbocycles. The standard InChI is InChI=1S/C17H21N7O/c1-11-7-14(11)17-19-18-15-3-4-16(21-24(15)17)22-5-2-6-23-13(9-22)8-12(10-25)20-23/h3-4,8,11,14,25H,2,5-7,9-10H2,1H3. The molecule has 3 aromatic rings. The molecule has 0 bridgehead atoms. The van der Waals surface area contributed by atoms with E-state index in [1.54, 1.807) is 0 Å². The Balaban J connectivity index is 1.49. The third-order valence-electron chi connectivity index (χ3n) is 5.26. The maximum Gasteiger partial charge on any atom is 0.178 e. The Morgan fingerprint density at radius 2 is 2.08 bits per heavy atom. The van der Waals surface area contributed by atoms with Crippen molar-refractivity contribution < 1.29 is 5.11 Å². The smallest absolute Gasteiger partial charge is 0.178 e.